The number of methoxy groups -OCH3 is 1. The van der Waals surface area contributed by atoms with Gasteiger partial charge in [0, 0.05) is 55.4 Å². The van der Waals surface area contributed by atoms with Crippen LogP contribution in [0.15, 0.2) is 53.7 Å². The van der Waals surface area contributed by atoms with Gasteiger partial charge in [-0.25, -0.2) is 0 Å². The topological polar surface area (TPSA) is 38.8 Å². The van der Waals surface area contributed by atoms with Crippen molar-refractivity contribution >= 4 is 12.0 Å². The van der Waals surface area contributed by atoms with Crippen LogP contribution in [0.1, 0.15) is 29.5 Å². The second-order valence-corrected chi connectivity index (χ2v) is 8.14. The molecule has 0 spiro atoms. The second kappa shape index (κ2) is 6.49. The first-order valence-corrected chi connectivity index (χ1v) is 9.96. The summed E-state index contributed by atoms with van der Waals surface area (Å²) in [4.78, 5) is 14.3. The Bertz CT molecular complexity index is 965. The van der Waals surface area contributed by atoms with Crippen LogP contribution >= 0.6 is 0 Å². The normalized spacial score (nSPS) is 25.2. The number of carbonyl (C=O) groups excluding carboxylic acids is 1. The van der Waals surface area contributed by atoms with Crippen LogP contribution < -0.4 is 9.64 Å². The molecule has 0 aromatic heterocycles. The van der Waals surface area contributed by atoms with Gasteiger partial charge in [0.1, 0.15) is 12.0 Å². The molecule has 0 fully saturated rings. The zero-order chi connectivity index (χ0) is 19.3. The molecule has 2 unspecified atom stereocenters. The van der Waals surface area contributed by atoms with Crippen LogP contribution in [0.5, 0.6) is 5.75 Å². The van der Waals surface area contributed by atoms with Gasteiger partial charge in [-0.15, -0.1) is 0 Å². The molecule has 5 rings (SSSR count). The summed E-state index contributed by atoms with van der Waals surface area (Å²) in [7, 11) is 3.84. The maximum Gasteiger partial charge on any atom is 0.147 e. The molecular formula is C24H25NO3. The van der Waals surface area contributed by atoms with E-state index >= 15 is 0 Å². The molecule has 1 aliphatic carbocycles. The Morgan fingerprint density at radius 3 is 2.86 bits per heavy atom. The van der Waals surface area contributed by atoms with E-state index in [0.717, 1.165) is 54.9 Å². The Kier molecular flexibility index (Phi) is 4.06. The third-order valence-electron chi connectivity index (χ3n) is 6.63. The average molecular weight is 375 g/mol. The fourth-order valence-corrected chi connectivity index (χ4v) is 5.44. The van der Waals surface area contributed by atoms with Crippen molar-refractivity contribution < 1.29 is 14.3 Å². The van der Waals surface area contributed by atoms with E-state index in [4.69, 9.17) is 9.47 Å². The molecular weight excluding hydrogens is 350 g/mol. The molecule has 2 heterocycles. The van der Waals surface area contributed by atoms with Crippen LogP contribution in [0.25, 0.3) is 0 Å². The van der Waals surface area contributed by atoms with Crippen molar-refractivity contribution in [3.05, 3.63) is 70.4 Å². The number of aldehydes is 1. The van der Waals surface area contributed by atoms with Crippen molar-refractivity contribution in [2.75, 3.05) is 25.7 Å². The molecule has 2 aromatic carbocycles. The quantitative estimate of drug-likeness (QED) is 0.762. The summed E-state index contributed by atoms with van der Waals surface area (Å²) < 4.78 is 11.6. The Balaban J connectivity index is 1.76. The third-order valence-corrected chi connectivity index (χ3v) is 6.63. The minimum Gasteiger partial charge on any atom is -0.493 e. The largest absolute Gasteiger partial charge is 0.493 e. The minimum absolute atomic E-state index is 0.0384. The Labute approximate surface area is 165 Å². The van der Waals surface area contributed by atoms with Crippen molar-refractivity contribution in [2.24, 2.45) is 0 Å². The Morgan fingerprint density at radius 1 is 1.29 bits per heavy atom. The molecule has 144 valence electrons. The van der Waals surface area contributed by atoms with Gasteiger partial charge in [-0.2, -0.15) is 0 Å². The molecule has 0 saturated carbocycles. The van der Waals surface area contributed by atoms with Gasteiger partial charge in [0.05, 0.1) is 12.7 Å². The van der Waals surface area contributed by atoms with Crippen LogP contribution in [0, 0.1) is 0 Å². The van der Waals surface area contributed by atoms with Gasteiger partial charge in [-0.3, -0.25) is 4.79 Å². The number of fused-ring (bicyclic) bond motifs is 4. The van der Waals surface area contributed by atoms with Crippen LogP contribution in [-0.4, -0.2) is 33.2 Å². The van der Waals surface area contributed by atoms with Gasteiger partial charge in [0.15, 0.2) is 0 Å². The van der Waals surface area contributed by atoms with E-state index < -0.39 is 0 Å². The highest BCUT2D eigenvalue weighted by atomic mass is 16.5. The second-order valence-electron chi connectivity index (χ2n) is 8.14. The number of likely N-dealkylation sites (N-methyl/N-ethyl adjacent to an activating group) is 1. The summed E-state index contributed by atoms with van der Waals surface area (Å²) in [6.07, 6.45) is 4.42. The van der Waals surface area contributed by atoms with E-state index in [1.165, 1.54) is 16.7 Å². The van der Waals surface area contributed by atoms with Crippen LogP contribution in [0.3, 0.4) is 0 Å². The van der Waals surface area contributed by atoms with Gasteiger partial charge in [-0.05, 0) is 35.6 Å². The highest BCUT2D eigenvalue weighted by Gasteiger charge is 2.51. The molecule has 28 heavy (non-hydrogen) atoms. The highest BCUT2D eigenvalue weighted by Crippen LogP contribution is 2.57. The van der Waals surface area contributed by atoms with Crippen molar-refractivity contribution in [2.45, 2.75) is 37.2 Å². The number of ether oxygens (including phenoxy) is 2. The van der Waals surface area contributed by atoms with Gasteiger partial charge < -0.3 is 14.4 Å². The monoisotopic (exact) mass is 375 g/mol. The number of rotatable bonds is 4. The minimum atomic E-state index is -0.252. The summed E-state index contributed by atoms with van der Waals surface area (Å²) in [5.41, 5.74) is 6.75. The number of allylic oxidation sites excluding steroid dienone is 1. The zero-order valence-electron chi connectivity index (χ0n) is 16.4. The fraction of sp³-hybridized carbons (Fsp3) is 0.375. The van der Waals surface area contributed by atoms with E-state index in [1.807, 2.05) is 6.07 Å². The maximum atomic E-state index is 12.1. The lowest BCUT2D eigenvalue weighted by molar-refractivity contribution is -0.105. The number of nitrogens with zero attached hydrogens (tertiary/aromatic N) is 1. The van der Waals surface area contributed by atoms with Crippen molar-refractivity contribution in [1.29, 1.82) is 0 Å². The molecule has 0 radical (unpaired) electrons. The van der Waals surface area contributed by atoms with E-state index in [0.29, 0.717) is 6.42 Å². The van der Waals surface area contributed by atoms with Crippen molar-refractivity contribution in [1.82, 2.24) is 0 Å². The first-order chi connectivity index (χ1) is 13.7. The SMILES string of the molecule is COC1CC(C=O)=C2N(C)c3cc4c(cc3C2(Cc2ccccc2)C1)CCO4. The Hall–Kier alpha value is -2.59. The molecule has 2 aromatic rings. The molecule has 0 N–H and O–H groups in total. The predicted octanol–water partition coefficient (Wildman–Crippen LogP) is 3.81. The molecule has 0 saturated heterocycles. The predicted molar refractivity (Wildman–Crippen MR) is 109 cm³/mol. The molecule has 0 bridgehead atoms. The van der Waals surface area contributed by atoms with Gasteiger partial charge in [0.2, 0.25) is 0 Å². The van der Waals surface area contributed by atoms with Crippen LogP contribution in [0.4, 0.5) is 5.69 Å². The number of benzene rings is 2. The lowest BCUT2D eigenvalue weighted by atomic mass is 9.66. The van der Waals surface area contributed by atoms with E-state index in [2.05, 4.69) is 48.3 Å². The summed E-state index contributed by atoms with van der Waals surface area (Å²) in [6.45, 7) is 0.747. The maximum absolute atomic E-state index is 12.1. The van der Waals surface area contributed by atoms with Gasteiger partial charge in [0.25, 0.3) is 0 Å². The third kappa shape index (κ3) is 2.44. The molecule has 0 amide bonds. The van der Waals surface area contributed by atoms with Gasteiger partial charge in [-0.1, -0.05) is 30.3 Å². The van der Waals surface area contributed by atoms with Crippen molar-refractivity contribution in [3.8, 4) is 5.75 Å². The summed E-state index contributed by atoms with van der Waals surface area (Å²) >= 11 is 0. The summed E-state index contributed by atoms with van der Waals surface area (Å²) in [5.74, 6) is 0.982. The van der Waals surface area contributed by atoms with E-state index in [-0.39, 0.29) is 11.5 Å². The lowest BCUT2D eigenvalue weighted by Gasteiger charge is -2.40. The number of carbonyl (C=O) groups is 1. The number of hydrogen-bond donors (Lipinski definition) is 0. The van der Waals surface area contributed by atoms with E-state index in [1.54, 1.807) is 7.11 Å². The zero-order valence-corrected chi connectivity index (χ0v) is 16.4. The average Bonchev–Trinajstić information content (AvgIpc) is 3.28. The van der Waals surface area contributed by atoms with Crippen LogP contribution in [0.2, 0.25) is 0 Å². The molecule has 3 aliphatic rings. The summed E-state index contributed by atoms with van der Waals surface area (Å²) in [5, 5.41) is 0. The summed E-state index contributed by atoms with van der Waals surface area (Å²) in [6, 6.07) is 15.1. The first kappa shape index (κ1) is 17.5. The standard InChI is InChI=1S/C24H25NO3/c1-25-21-12-22-17(8-9-28-22)11-20(21)24(13-16-6-4-3-5-7-16)14-19(27-2)10-18(15-26)23(24)25/h3-7,11-12,15,19H,8-10,13-14H2,1-2H3. The van der Waals surface area contributed by atoms with Crippen molar-refractivity contribution in [3.63, 3.8) is 0 Å². The molecule has 4 nitrogen and oxygen atoms in total. The van der Waals surface area contributed by atoms with Crippen LogP contribution in [-0.2, 0) is 27.8 Å². The smallest absolute Gasteiger partial charge is 0.147 e. The number of hydrogen-bond acceptors (Lipinski definition) is 4. The molecule has 4 heteroatoms. The molecule has 2 atom stereocenters. The van der Waals surface area contributed by atoms with Gasteiger partial charge >= 0.3 is 0 Å². The molecule has 2 aliphatic heterocycles. The number of anilines is 1. The Morgan fingerprint density at radius 2 is 2.11 bits per heavy atom. The first-order valence-electron chi connectivity index (χ1n) is 9.96. The highest BCUT2D eigenvalue weighted by molar-refractivity contribution is 5.84. The lowest BCUT2D eigenvalue weighted by Crippen LogP contribution is -2.41. The fourth-order valence-electron chi connectivity index (χ4n) is 5.44. The van der Waals surface area contributed by atoms with E-state index in [9.17, 15) is 4.79 Å².